The van der Waals surface area contributed by atoms with Crippen LogP contribution < -0.4 is 0 Å². The second-order valence-electron chi connectivity index (χ2n) is 4.44. The fraction of sp³-hybridized carbons (Fsp3) is 0.133. The Hall–Kier alpha value is -2.17. The first-order valence-corrected chi connectivity index (χ1v) is 5.75. The number of carbonyl (C=O) groups excluding carboxylic acids is 1. The van der Waals surface area contributed by atoms with E-state index in [2.05, 4.69) is 0 Å². The van der Waals surface area contributed by atoms with Gasteiger partial charge in [0.15, 0.2) is 0 Å². The molecule has 2 aromatic rings. The maximum Gasteiger partial charge on any atom is 0.419 e. The Morgan fingerprint density at radius 2 is 1.70 bits per heavy atom. The predicted octanol–water partition coefficient (Wildman–Crippen LogP) is 4.63. The summed E-state index contributed by atoms with van der Waals surface area (Å²) in [6.07, 6.45) is -4.14. The van der Waals surface area contributed by atoms with Gasteiger partial charge in [-0.2, -0.15) is 13.2 Å². The number of rotatable bonds is 2. The summed E-state index contributed by atoms with van der Waals surface area (Å²) in [5.74, 6) is -1.32. The van der Waals surface area contributed by atoms with Crippen LogP contribution in [0.5, 0.6) is 0 Å². The summed E-state index contributed by atoms with van der Waals surface area (Å²) >= 11 is 0. The summed E-state index contributed by atoms with van der Waals surface area (Å²) < 4.78 is 51.2. The van der Waals surface area contributed by atoms with Gasteiger partial charge >= 0.3 is 6.18 Å². The number of hydrogen-bond donors (Lipinski definition) is 0. The molecule has 0 aliphatic carbocycles. The minimum absolute atomic E-state index is 0.213. The van der Waals surface area contributed by atoms with E-state index in [0.29, 0.717) is 17.4 Å². The molecule has 0 aliphatic rings. The monoisotopic (exact) mass is 282 g/mol. The van der Waals surface area contributed by atoms with Gasteiger partial charge in [-0.3, -0.25) is 4.79 Å². The highest BCUT2D eigenvalue weighted by atomic mass is 19.4. The van der Waals surface area contributed by atoms with Gasteiger partial charge in [-0.15, -0.1) is 0 Å². The van der Waals surface area contributed by atoms with E-state index < -0.39 is 17.6 Å². The van der Waals surface area contributed by atoms with Gasteiger partial charge in [0.2, 0.25) is 0 Å². The van der Waals surface area contributed by atoms with Crippen LogP contribution in [0.2, 0.25) is 0 Å². The fourth-order valence-corrected chi connectivity index (χ4v) is 1.97. The highest BCUT2D eigenvalue weighted by molar-refractivity contribution is 5.79. The molecule has 0 aliphatic heterocycles. The molecule has 0 atom stereocenters. The smallest absolute Gasteiger partial charge is 0.298 e. The molecule has 2 rings (SSSR count). The SMILES string of the molecule is Cc1cc(C=O)cc(-c2ccc(F)c(C(F)(F)F)c2)c1. The lowest BCUT2D eigenvalue weighted by atomic mass is 9.99. The number of halogens is 4. The molecule has 0 unspecified atom stereocenters. The molecular formula is C15H10F4O. The molecule has 0 amide bonds. The Bertz CT molecular complexity index is 659. The third-order valence-corrected chi connectivity index (χ3v) is 2.84. The van der Waals surface area contributed by atoms with Crippen molar-refractivity contribution in [2.45, 2.75) is 13.1 Å². The highest BCUT2D eigenvalue weighted by Gasteiger charge is 2.34. The summed E-state index contributed by atoms with van der Waals surface area (Å²) in [5.41, 5.74) is 0.438. The molecule has 0 bridgehead atoms. The summed E-state index contributed by atoms with van der Waals surface area (Å²) in [6.45, 7) is 1.73. The van der Waals surface area contributed by atoms with Gasteiger partial charge in [0, 0.05) is 5.56 Å². The normalized spacial score (nSPS) is 11.4. The van der Waals surface area contributed by atoms with Gasteiger partial charge in [0.05, 0.1) is 5.56 Å². The van der Waals surface area contributed by atoms with Gasteiger partial charge in [0.25, 0.3) is 0 Å². The number of alkyl halides is 3. The maximum atomic E-state index is 13.2. The molecule has 104 valence electrons. The molecule has 2 aromatic carbocycles. The van der Waals surface area contributed by atoms with E-state index >= 15 is 0 Å². The Morgan fingerprint density at radius 1 is 1.00 bits per heavy atom. The lowest BCUT2D eigenvalue weighted by Crippen LogP contribution is -2.08. The van der Waals surface area contributed by atoms with E-state index in [1.54, 1.807) is 19.1 Å². The Kier molecular flexibility index (Phi) is 3.61. The fourth-order valence-electron chi connectivity index (χ4n) is 1.97. The van der Waals surface area contributed by atoms with E-state index in [0.717, 1.165) is 17.7 Å². The van der Waals surface area contributed by atoms with Crippen molar-refractivity contribution in [2.75, 3.05) is 0 Å². The topological polar surface area (TPSA) is 17.1 Å². The molecule has 0 radical (unpaired) electrons. The Balaban J connectivity index is 2.59. The molecule has 0 fully saturated rings. The molecule has 0 heterocycles. The molecule has 0 saturated heterocycles. The van der Waals surface area contributed by atoms with Crippen LogP contribution in [0.15, 0.2) is 36.4 Å². The van der Waals surface area contributed by atoms with Crippen molar-refractivity contribution >= 4 is 6.29 Å². The average molecular weight is 282 g/mol. The van der Waals surface area contributed by atoms with Gasteiger partial charge in [-0.1, -0.05) is 12.1 Å². The third kappa shape index (κ3) is 2.87. The molecular weight excluding hydrogens is 272 g/mol. The minimum atomic E-state index is -4.75. The maximum absolute atomic E-state index is 13.2. The van der Waals surface area contributed by atoms with E-state index in [4.69, 9.17) is 0 Å². The summed E-state index contributed by atoms with van der Waals surface area (Å²) in [4.78, 5) is 10.8. The van der Waals surface area contributed by atoms with Crippen molar-refractivity contribution in [1.29, 1.82) is 0 Å². The van der Waals surface area contributed by atoms with Gasteiger partial charge in [0.1, 0.15) is 12.1 Å². The van der Waals surface area contributed by atoms with Crippen LogP contribution >= 0.6 is 0 Å². The van der Waals surface area contributed by atoms with Crippen molar-refractivity contribution in [3.8, 4) is 11.1 Å². The minimum Gasteiger partial charge on any atom is -0.298 e. The molecule has 1 nitrogen and oxygen atoms in total. The highest BCUT2D eigenvalue weighted by Crippen LogP contribution is 2.34. The molecule has 0 aromatic heterocycles. The van der Waals surface area contributed by atoms with Crippen molar-refractivity contribution < 1.29 is 22.4 Å². The van der Waals surface area contributed by atoms with E-state index in [1.807, 2.05) is 0 Å². The summed E-state index contributed by atoms with van der Waals surface area (Å²) in [7, 11) is 0. The van der Waals surface area contributed by atoms with Crippen LogP contribution in [0.3, 0.4) is 0 Å². The Morgan fingerprint density at radius 3 is 2.30 bits per heavy atom. The van der Waals surface area contributed by atoms with E-state index in [-0.39, 0.29) is 5.56 Å². The van der Waals surface area contributed by atoms with Crippen LogP contribution in [0.25, 0.3) is 11.1 Å². The lowest BCUT2D eigenvalue weighted by molar-refractivity contribution is -0.139. The van der Waals surface area contributed by atoms with Gasteiger partial charge in [-0.05, 0) is 47.9 Å². The van der Waals surface area contributed by atoms with Crippen LogP contribution in [-0.2, 0) is 6.18 Å². The number of carbonyl (C=O) groups is 1. The van der Waals surface area contributed by atoms with E-state index in [9.17, 15) is 22.4 Å². The first-order valence-electron chi connectivity index (χ1n) is 5.75. The molecule has 20 heavy (non-hydrogen) atoms. The Labute approximate surface area is 112 Å². The standard InChI is InChI=1S/C15H10F4O/c1-9-4-10(8-20)6-12(5-9)11-2-3-14(16)13(7-11)15(17,18)19/h2-8H,1H3. The first-order chi connectivity index (χ1) is 9.31. The zero-order valence-electron chi connectivity index (χ0n) is 10.5. The molecule has 0 saturated carbocycles. The molecule has 0 spiro atoms. The zero-order valence-corrected chi connectivity index (χ0v) is 10.5. The third-order valence-electron chi connectivity index (χ3n) is 2.84. The van der Waals surface area contributed by atoms with Crippen molar-refractivity contribution in [1.82, 2.24) is 0 Å². The summed E-state index contributed by atoms with van der Waals surface area (Å²) in [6, 6.07) is 7.51. The van der Waals surface area contributed by atoms with E-state index in [1.165, 1.54) is 12.1 Å². The van der Waals surface area contributed by atoms with Crippen molar-refractivity contribution in [3.63, 3.8) is 0 Å². The number of aryl methyl sites for hydroxylation is 1. The van der Waals surface area contributed by atoms with Gasteiger partial charge < -0.3 is 0 Å². The zero-order chi connectivity index (χ0) is 14.9. The number of benzene rings is 2. The van der Waals surface area contributed by atoms with Crippen LogP contribution in [0.4, 0.5) is 17.6 Å². The van der Waals surface area contributed by atoms with Crippen LogP contribution in [0.1, 0.15) is 21.5 Å². The second-order valence-corrected chi connectivity index (χ2v) is 4.44. The second kappa shape index (κ2) is 5.07. The summed E-state index contributed by atoms with van der Waals surface area (Å²) in [5, 5.41) is 0. The number of hydrogen-bond acceptors (Lipinski definition) is 1. The van der Waals surface area contributed by atoms with Crippen LogP contribution in [-0.4, -0.2) is 6.29 Å². The van der Waals surface area contributed by atoms with Crippen molar-refractivity contribution in [3.05, 3.63) is 58.9 Å². The lowest BCUT2D eigenvalue weighted by Gasteiger charge is -2.11. The average Bonchev–Trinajstić information content (AvgIpc) is 2.37. The predicted molar refractivity (Wildman–Crippen MR) is 67.0 cm³/mol. The number of aldehydes is 1. The van der Waals surface area contributed by atoms with Gasteiger partial charge in [-0.25, -0.2) is 4.39 Å². The largest absolute Gasteiger partial charge is 0.419 e. The quantitative estimate of drug-likeness (QED) is 0.579. The van der Waals surface area contributed by atoms with Crippen molar-refractivity contribution in [2.24, 2.45) is 0 Å². The molecule has 0 N–H and O–H groups in total. The molecule has 5 heteroatoms. The first kappa shape index (κ1) is 14.2. The van der Waals surface area contributed by atoms with Crippen LogP contribution in [0, 0.1) is 12.7 Å².